The Balaban J connectivity index is 1.73. The van der Waals surface area contributed by atoms with Gasteiger partial charge in [0.25, 0.3) is 0 Å². The molecule has 2 aromatic heterocycles. The zero-order valence-corrected chi connectivity index (χ0v) is 10.5. The van der Waals surface area contributed by atoms with Crippen molar-refractivity contribution in [1.29, 1.82) is 0 Å². The number of H-pyrrole nitrogens is 1. The van der Waals surface area contributed by atoms with Crippen LogP contribution in [0, 0.1) is 11.3 Å². The van der Waals surface area contributed by atoms with Crippen molar-refractivity contribution in [3.05, 3.63) is 12.5 Å². The zero-order chi connectivity index (χ0) is 12.9. The van der Waals surface area contributed by atoms with E-state index in [2.05, 4.69) is 30.4 Å². The van der Waals surface area contributed by atoms with Gasteiger partial charge in [0.2, 0.25) is 0 Å². The van der Waals surface area contributed by atoms with Crippen LogP contribution in [0.4, 0.5) is 5.82 Å². The van der Waals surface area contributed by atoms with E-state index < -0.39 is 0 Å². The molecule has 0 spiro atoms. The van der Waals surface area contributed by atoms with E-state index in [-0.39, 0.29) is 12.0 Å². The van der Waals surface area contributed by atoms with E-state index in [9.17, 15) is 5.11 Å². The fourth-order valence-electron chi connectivity index (χ4n) is 3.41. The fourth-order valence-corrected chi connectivity index (χ4v) is 3.41. The van der Waals surface area contributed by atoms with Crippen molar-refractivity contribution >= 4 is 16.9 Å². The maximum Gasteiger partial charge on any atom is 0.160 e. The smallest absolute Gasteiger partial charge is 0.160 e. The van der Waals surface area contributed by atoms with Gasteiger partial charge in [0.1, 0.15) is 12.1 Å². The molecule has 3 N–H and O–H groups in total. The quantitative estimate of drug-likeness (QED) is 0.666. The van der Waals surface area contributed by atoms with Crippen LogP contribution < -0.4 is 10.2 Å². The highest BCUT2D eigenvalue weighted by molar-refractivity contribution is 5.86. The van der Waals surface area contributed by atoms with Gasteiger partial charge in [0.05, 0.1) is 18.2 Å². The van der Waals surface area contributed by atoms with Gasteiger partial charge < -0.3 is 15.3 Å². The summed E-state index contributed by atoms with van der Waals surface area (Å²) in [7, 11) is 0. The second-order valence-electron chi connectivity index (χ2n) is 5.56. The van der Waals surface area contributed by atoms with Gasteiger partial charge in [-0.15, -0.1) is 0 Å². The molecule has 2 atom stereocenters. The first-order valence-corrected chi connectivity index (χ1v) is 6.53. The Kier molecular flexibility index (Phi) is 2.27. The molecule has 7 nitrogen and oxygen atoms in total. The zero-order valence-electron chi connectivity index (χ0n) is 10.5. The van der Waals surface area contributed by atoms with Gasteiger partial charge in [0, 0.05) is 31.6 Å². The highest BCUT2D eigenvalue weighted by Gasteiger charge is 2.49. The number of aliphatic hydroxyl groups excluding tert-OH is 1. The van der Waals surface area contributed by atoms with Gasteiger partial charge in [-0.2, -0.15) is 5.10 Å². The average molecular weight is 260 g/mol. The maximum atomic E-state index is 9.75. The number of fused-ring (bicyclic) bond motifs is 2. The molecule has 2 saturated heterocycles. The summed E-state index contributed by atoms with van der Waals surface area (Å²) in [5, 5.41) is 21.0. The lowest BCUT2D eigenvalue weighted by molar-refractivity contribution is 0.135. The van der Waals surface area contributed by atoms with Crippen LogP contribution in [0.25, 0.3) is 11.0 Å². The van der Waals surface area contributed by atoms with E-state index in [0.717, 1.165) is 43.0 Å². The summed E-state index contributed by atoms with van der Waals surface area (Å²) in [6.45, 7) is 3.82. The van der Waals surface area contributed by atoms with Crippen LogP contribution in [-0.2, 0) is 0 Å². The number of aromatic amines is 1. The predicted molar refractivity (Wildman–Crippen MR) is 69.8 cm³/mol. The van der Waals surface area contributed by atoms with Crippen LogP contribution >= 0.6 is 0 Å². The Morgan fingerprint density at radius 2 is 2.42 bits per heavy atom. The first-order chi connectivity index (χ1) is 9.32. The second-order valence-corrected chi connectivity index (χ2v) is 5.56. The van der Waals surface area contributed by atoms with Gasteiger partial charge in [-0.05, 0) is 5.92 Å². The molecule has 100 valence electrons. The molecule has 0 aliphatic carbocycles. The third kappa shape index (κ3) is 1.48. The molecule has 0 radical (unpaired) electrons. The van der Waals surface area contributed by atoms with E-state index in [0.29, 0.717) is 5.92 Å². The Morgan fingerprint density at radius 3 is 3.26 bits per heavy atom. The summed E-state index contributed by atoms with van der Waals surface area (Å²) in [5.41, 5.74) is 0.735. The standard InChI is InChI=1S/C12H16N6O/c19-6-12-4-13-1-8(12)3-18(5-12)11-9-2-16-17-10(9)14-7-15-11/h2,7-8,13,19H,1,3-6H2,(H,14,15,16,17). The van der Waals surface area contributed by atoms with Crippen molar-refractivity contribution in [1.82, 2.24) is 25.5 Å². The molecule has 2 unspecified atom stereocenters. The lowest BCUT2D eigenvalue weighted by Gasteiger charge is -2.25. The minimum atomic E-state index is -0.0268. The summed E-state index contributed by atoms with van der Waals surface area (Å²) in [6.07, 6.45) is 3.33. The summed E-state index contributed by atoms with van der Waals surface area (Å²) in [6, 6.07) is 0. The highest BCUT2D eigenvalue weighted by Crippen LogP contribution is 2.40. The molecular weight excluding hydrogens is 244 g/mol. The largest absolute Gasteiger partial charge is 0.396 e. The number of aromatic nitrogens is 4. The molecule has 2 aliphatic rings. The molecule has 0 amide bonds. The summed E-state index contributed by atoms with van der Waals surface area (Å²) < 4.78 is 0. The van der Waals surface area contributed by atoms with Crippen molar-refractivity contribution in [3.8, 4) is 0 Å². The van der Waals surface area contributed by atoms with Gasteiger partial charge in [-0.25, -0.2) is 9.97 Å². The molecule has 2 aromatic rings. The highest BCUT2D eigenvalue weighted by atomic mass is 16.3. The minimum absolute atomic E-state index is 0.0268. The fraction of sp³-hybridized carbons (Fsp3) is 0.583. The third-order valence-corrected chi connectivity index (χ3v) is 4.52. The molecule has 4 heterocycles. The SMILES string of the molecule is OCC12CNCC1CN(c1ncnc3[nH]ncc13)C2. The van der Waals surface area contributed by atoms with Crippen molar-refractivity contribution in [3.63, 3.8) is 0 Å². The molecule has 0 aromatic carbocycles. The van der Waals surface area contributed by atoms with Crippen molar-refractivity contribution in [2.45, 2.75) is 0 Å². The normalized spacial score (nSPS) is 30.2. The van der Waals surface area contributed by atoms with E-state index in [1.54, 1.807) is 12.5 Å². The molecule has 4 rings (SSSR count). The molecule has 19 heavy (non-hydrogen) atoms. The molecule has 0 bridgehead atoms. The molecule has 2 fully saturated rings. The number of nitrogens with zero attached hydrogens (tertiary/aromatic N) is 4. The number of anilines is 1. The van der Waals surface area contributed by atoms with Crippen LogP contribution in [0.15, 0.2) is 12.5 Å². The lowest BCUT2D eigenvalue weighted by atomic mass is 9.82. The first kappa shape index (κ1) is 11.1. The van der Waals surface area contributed by atoms with Crippen LogP contribution in [-0.4, -0.2) is 58.1 Å². The van der Waals surface area contributed by atoms with E-state index in [1.165, 1.54) is 0 Å². The molecule has 2 aliphatic heterocycles. The van der Waals surface area contributed by atoms with Gasteiger partial charge in [0.15, 0.2) is 5.65 Å². The Hall–Kier alpha value is -1.73. The van der Waals surface area contributed by atoms with E-state index in [1.807, 2.05) is 0 Å². The molecular formula is C12H16N6O. The topological polar surface area (TPSA) is 90.0 Å². The van der Waals surface area contributed by atoms with Crippen LogP contribution in [0.3, 0.4) is 0 Å². The lowest BCUT2D eigenvalue weighted by Crippen LogP contribution is -2.36. The monoisotopic (exact) mass is 260 g/mol. The third-order valence-electron chi connectivity index (χ3n) is 4.52. The number of aliphatic hydroxyl groups is 1. The molecule has 7 heteroatoms. The minimum Gasteiger partial charge on any atom is -0.396 e. The van der Waals surface area contributed by atoms with Crippen LogP contribution in [0.2, 0.25) is 0 Å². The van der Waals surface area contributed by atoms with Gasteiger partial charge >= 0.3 is 0 Å². The van der Waals surface area contributed by atoms with Crippen LogP contribution in [0.1, 0.15) is 0 Å². The Labute approximate surface area is 110 Å². The summed E-state index contributed by atoms with van der Waals surface area (Å²) in [4.78, 5) is 10.8. The number of rotatable bonds is 2. The van der Waals surface area contributed by atoms with Gasteiger partial charge in [-0.1, -0.05) is 0 Å². The summed E-state index contributed by atoms with van der Waals surface area (Å²) >= 11 is 0. The predicted octanol–water partition coefficient (Wildman–Crippen LogP) is -0.629. The number of nitrogens with one attached hydrogen (secondary N) is 2. The van der Waals surface area contributed by atoms with E-state index >= 15 is 0 Å². The Bertz CT molecular complexity index is 613. The second kappa shape index (κ2) is 3.88. The average Bonchev–Trinajstić information content (AvgIpc) is 3.11. The van der Waals surface area contributed by atoms with E-state index in [4.69, 9.17) is 0 Å². The van der Waals surface area contributed by atoms with Crippen LogP contribution in [0.5, 0.6) is 0 Å². The number of hydrogen-bond acceptors (Lipinski definition) is 6. The molecule has 0 saturated carbocycles. The van der Waals surface area contributed by atoms with Crippen molar-refractivity contribution in [2.75, 3.05) is 37.7 Å². The Morgan fingerprint density at radius 1 is 1.47 bits per heavy atom. The first-order valence-electron chi connectivity index (χ1n) is 6.53. The number of hydrogen-bond donors (Lipinski definition) is 3. The maximum absolute atomic E-state index is 9.75. The van der Waals surface area contributed by atoms with Crippen molar-refractivity contribution in [2.24, 2.45) is 11.3 Å². The van der Waals surface area contributed by atoms with Gasteiger partial charge in [-0.3, -0.25) is 5.10 Å². The van der Waals surface area contributed by atoms with Crippen molar-refractivity contribution < 1.29 is 5.11 Å². The summed E-state index contributed by atoms with van der Waals surface area (Å²) in [5.74, 6) is 1.40.